The molecule has 174 valence electrons. The maximum atomic E-state index is 13.9. The molecule has 8 nitrogen and oxygen atoms in total. The summed E-state index contributed by atoms with van der Waals surface area (Å²) in [5, 5.41) is 14.8. The molecule has 0 radical (unpaired) electrons. The van der Waals surface area contributed by atoms with Crippen molar-refractivity contribution in [3.63, 3.8) is 0 Å². The molecule has 0 aliphatic heterocycles. The Labute approximate surface area is 199 Å². The van der Waals surface area contributed by atoms with Crippen LogP contribution in [0.1, 0.15) is 36.1 Å². The van der Waals surface area contributed by atoms with Gasteiger partial charge in [0, 0.05) is 11.6 Å². The minimum atomic E-state index is -0.599. The Balaban J connectivity index is 1.65. The highest BCUT2D eigenvalue weighted by Gasteiger charge is 2.21. The second kappa shape index (κ2) is 11.2. The number of nitrogens with one attached hydrogen (secondary N) is 2. The van der Waals surface area contributed by atoms with Crippen molar-refractivity contribution in [3.8, 4) is 5.75 Å². The van der Waals surface area contributed by atoms with Crippen LogP contribution in [0.2, 0.25) is 5.02 Å². The van der Waals surface area contributed by atoms with E-state index in [4.69, 9.17) is 16.3 Å². The number of methoxy groups -OCH3 is 1. The van der Waals surface area contributed by atoms with Gasteiger partial charge in [-0.1, -0.05) is 35.5 Å². The summed E-state index contributed by atoms with van der Waals surface area (Å²) in [4.78, 5) is 24.9. The standard InChI is InChI=1S/C22H23ClFN5O3S/c1-4-29-20(13(2)25-21(31)15-7-5-6-8-16(15)24)27-28-22(29)33-12-19(30)26-17-11-14(23)9-10-18(17)32-3/h5-11,13H,4,12H2,1-3H3,(H,25,31)(H,26,30). The molecule has 1 heterocycles. The number of carbonyl (C=O) groups excluding carboxylic acids is 2. The van der Waals surface area contributed by atoms with Crippen LogP contribution in [0.25, 0.3) is 0 Å². The SMILES string of the molecule is CCn1c(SCC(=O)Nc2cc(Cl)ccc2OC)nnc1C(C)NC(=O)c1ccccc1F. The molecule has 11 heteroatoms. The van der Waals surface area contributed by atoms with Crippen molar-refractivity contribution >= 4 is 40.9 Å². The van der Waals surface area contributed by atoms with Crippen LogP contribution in [-0.2, 0) is 11.3 Å². The number of halogens is 2. The molecule has 3 rings (SSSR count). The first-order valence-electron chi connectivity index (χ1n) is 10.1. The Bertz CT molecular complexity index is 1160. The molecular weight excluding hydrogens is 469 g/mol. The molecule has 0 spiro atoms. The van der Waals surface area contributed by atoms with E-state index in [0.29, 0.717) is 34.0 Å². The third kappa shape index (κ3) is 6.02. The van der Waals surface area contributed by atoms with E-state index >= 15 is 0 Å². The maximum absolute atomic E-state index is 13.9. The van der Waals surface area contributed by atoms with Gasteiger partial charge in [0.1, 0.15) is 11.6 Å². The number of hydrogen-bond acceptors (Lipinski definition) is 6. The second-order valence-electron chi connectivity index (χ2n) is 6.94. The predicted octanol–water partition coefficient (Wildman–Crippen LogP) is 4.32. The summed E-state index contributed by atoms with van der Waals surface area (Å²) < 4.78 is 20.9. The molecule has 0 saturated heterocycles. The summed E-state index contributed by atoms with van der Waals surface area (Å²) in [6, 6.07) is 10.2. The largest absolute Gasteiger partial charge is 0.495 e. The number of nitrogens with zero attached hydrogens (tertiary/aromatic N) is 3. The lowest BCUT2D eigenvalue weighted by Crippen LogP contribution is -2.29. The zero-order chi connectivity index (χ0) is 24.0. The van der Waals surface area contributed by atoms with Gasteiger partial charge in [-0.25, -0.2) is 4.39 Å². The van der Waals surface area contributed by atoms with Crippen LogP contribution < -0.4 is 15.4 Å². The highest BCUT2D eigenvalue weighted by atomic mass is 35.5. The highest BCUT2D eigenvalue weighted by Crippen LogP contribution is 2.28. The molecule has 0 aliphatic carbocycles. The monoisotopic (exact) mass is 491 g/mol. The van der Waals surface area contributed by atoms with E-state index in [1.807, 2.05) is 6.92 Å². The highest BCUT2D eigenvalue weighted by molar-refractivity contribution is 7.99. The fraction of sp³-hybridized carbons (Fsp3) is 0.273. The van der Waals surface area contributed by atoms with Crippen LogP contribution in [0.15, 0.2) is 47.6 Å². The summed E-state index contributed by atoms with van der Waals surface area (Å²) >= 11 is 7.20. The van der Waals surface area contributed by atoms with Gasteiger partial charge in [0.2, 0.25) is 5.91 Å². The average molecular weight is 492 g/mol. The Morgan fingerprint density at radius 1 is 1.24 bits per heavy atom. The van der Waals surface area contributed by atoms with Crippen molar-refractivity contribution in [2.75, 3.05) is 18.2 Å². The topological polar surface area (TPSA) is 98.1 Å². The zero-order valence-corrected chi connectivity index (χ0v) is 19.8. The minimum Gasteiger partial charge on any atom is -0.495 e. The van der Waals surface area contributed by atoms with Crippen molar-refractivity contribution in [1.29, 1.82) is 0 Å². The fourth-order valence-electron chi connectivity index (χ4n) is 3.10. The lowest BCUT2D eigenvalue weighted by atomic mass is 10.2. The minimum absolute atomic E-state index is 0.0466. The first kappa shape index (κ1) is 24.5. The summed E-state index contributed by atoms with van der Waals surface area (Å²) in [5.41, 5.74) is 0.423. The van der Waals surface area contributed by atoms with Gasteiger partial charge in [-0.15, -0.1) is 10.2 Å². The maximum Gasteiger partial charge on any atom is 0.254 e. The van der Waals surface area contributed by atoms with Crippen molar-refractivity contribution in [3.05, 3.63) is 64.7 Å². The molecule has 33 heavy (non-hydrogen) atoms. The first-order chi connectivity index (χ1) is 15.8. The van der Waals surface area contributed by atoms with Crippen LogP contribution in [-0.4, -0.2) is 39.4 Å². The normalized spacial score (nSPS) is 11.7. The van der Waals surface area contributed by atoms with E-state index in [1.165, 1.54) is 37.1 Å². The van der Waals surface area contributed by atoms with E-state index in [1.54, 1.807) is 35.8 Å². The molecule has 1 atom stereocenters. The molecular formula is C22H23ClFN5O3S. The molecule has 0 saturated carbocycles. The summed E-state index contributed by atoms with van der Waals surface area (Å²) in [5.74, 6) is -0.344. The number of carbonyl (C=O) groups is 2. The van der Waals surface area contributed by atoms with Crippen molar-refractivity contribution < 1.29 is 18.7 Å². The van der Waals surface area contributed by atoms with Crippen molar-refractivity contribution in [2.24, 2.45) is 0 Å². The number of hydrogen-bond donors (Lipinski definition) is 2. The van der Waals surface area contributed by atoms with E-state index < -0.39 is 17.8 Å². The summed E-state index contributed by atoms with van der Waals surface area (Å²) in [6.07, 6.45) is 0. The van der Waals surface area contributed by atoms with E-state index in [0.717, 1.165) is 0 Å². The molecule has 0 bridgehead atoms. The van der Waals surface area contributed by atoms with Crippen LogP contribution in [0, 0.1) is 5.82 Å². The van der Waals surface area contributed by atoms with Gasteiger partial charge in [0.25, 0.3) is 5.91 Å². The predicted molar refractivity (Wildman–Crippen MR) is 125 cm³/mol. The first-order valence-corrected chi connectivity index (χ1v) is 11.4. The third-order valence-electron chi connectivity index (χ3n) is 4.68. The Morgan fingerprint density at radius 3 is 2.70 bits per heavy atom. The lowest BCUT2D eigenvalue weighted by molar-refractivity contribution is -0.113. The van der Waals surface area contributed by atoms with Gasteiger partial charge in [0.15, 0.2) is 11.0 Å². The van der Waals surface area contributed by atoms with Crippen LogP contribution in [0.4, 0.5) is 10.1 Å². The fourth-order valence-corrected chi connectivity index (χ4v) is 4.08. The second-order valence-corrected chi connectivity index (χ2v) is 8.32. The number of amides is 2. The van der Waals surface area contributed by atoms with Crippen LogP contribution >= 0.6 is 23.4 Å². The van der Waals surface area contributed by atoms with Crippen LogP contribution in [0.3, 0.4) is 0 Å². The van der Waals surface area contributed by atoms with E-state index in [2.05, 4.69) is 20.8 Å². The number of anilines is 1. The molecule has 2 aromatic carbocycles. The third-order valence-corrected chi connectivity index (χ3v) is 5.88. The zero-order valence-electron chi connectivity index (χ0n) is 18.3. The Morgan fingerprint density at radius 2 is 2.00 bits per heavy atom. The Kier molecular flexibility index (Phi) is 8.29. The number of thioether (sulfide) groups is 1. The number of rotatable bonds is 9. The molecule has 1 unspecified atom stereocenters. The smallest absolute Gasteiger partial charge is 0.254 e. The summed E-state index contributed by atoms with van der Waals surface area (Å²) in [6.45, 7) is 4.16. The van der Waals surface area contributed by atoms with Crippen LogP contribution in [0.5, 0.6) is 5.75 Å². The molecule has 0 fully saturated rings. The molecule has 0 aliphatic rings. The molecule has 3 aromatic rings. The van der Waals surface area contributed by atoms with E-state index in [-0.39, 0.29) is 17.2 Å². The summed E-state index contributed by atoms with van der Waals surface area (Å²) in [7, 11) is 1.50. The molecule has 1 aromatic heterocycles. The quantitative estimate of drug-likeness (QED) is 0.432. The van der Waals surface area contributed by atoms with Gasteiger partial charge in [-0.3, -0.25) is 9.59 Å². The average Bonchev–Trinajstić information content (AvgIpc) is 3.21. The van der Waals surface area contributed by atoms with E-state index in [9.17, 15) is 14.0 Å². The number of ether oxygens (including phenoxy) is 1. The van der Waals surface area contributed by atoms with Crippen molar-refractivity contribution in [2.45, 2.75) is 31.6 Å². The molecule has 2 N–H and O–H groups in total. The van der Waals surface area contributed by atoms with Gasteiger partial charge >= 0.3 is 0 Å². The Hall–Kier alpha value is -3.11. The van der Waals surface area contributed by atoms with Crippen molar-refractivity contribution in [1.82, 2.24) is 20.1 Å². The van der Waals surface area contributed by atoms with Gasteiger partial charge < -0.3 is 19.9 Å². The number of aromatic nitrogens is 3. The van der Waals surface area contributed by atoms with Gasteiger partial charge in [-0.05, 0) is 44.2 Å². The molecule has 2 amide bonds. The van der Waals surface area contributed by atoms with Gasteiger partial charge in [-0.2, -0.15) is 0 Å². The lowest BCUT2D eigenvalue weighted by Gasteiger charge is -2.15. The van der Waals surface area contributed by atoms with Gasteiger partial charge in [0.05, 0.1) is 30.2 Å². The number of benzene rings is 2.